The fraction of sp³-hybridized carbons (Fsp3) is 0.0833. The Labute approximate surface area is 163 Å². The van der Waals surface area contributed by atoms with Gasteiger partial charge in [-0.2, -0.15) is 0 Å². The van der Waals surface area contributed by atoms with Crippen LogP contribution in [-0.2, 0) is 14.9 Å². The number of carbonyl (C=O) groups excluding carboxylic acids is 1. The van der Waals surface area contributed by atoms with Crippen molar-refractivity contribution in [2.24, 2.45) is 0 Å². The molecule has 0 amide bonds. The van der Waals surface area contributed by atoms with Gasteiger partial charge in [-0.3, -0.25) is 0 Å². The molecule has 0 heterocycles. The third-order valence-corrected chi connectivity index (χ3v) is 2.60. The predicted molar refractivity (Wildman–Crippen MR) is 64.3 cm³/mol. The number of rotatable bonds is 3. The Morgan fingerprint density at radius 1 is 1.20 bits per heavy atom. The molecule has 5 nitrogen and oxygen atoms in total. The molecule has 0 aliphatic rings. The summed E-state index contributed by atoms with van der Waals surface area (Å²) in [6.07, 6.45) is 1.57. The Hall–Kier alpha value is 0.0800. The van der Waals surface area contributed by atoms with Gasteiger partial charge in [-0.05, 0) is 30.2 Å². The molecule has 0 fully saturated rings. The van der Waals surface area contributed by atoms with Gasteiger partial charge in [-0.1, -0.05) is 31.4 Å². The zero-order valence-electron chi connectivity index (χ0n) is 11.8. The smallest absolute Gasteiger partial charge is 0.744 e. The Morgan fingerprint density at radius 2 is 1.55 bits per heavy atom. The second-order valence-corrected chi connectivity index (χ2v) is 4.67. The zero-order valence-corrected chi connectivity index (χ0v) is 16.6. The predicted octanol–water partition coefficient (Wildman–Crippen LogP) is -5.45. The van der Waals surface area contributed by atoms with E-state index in [1.165, 1.54) is 31.2 Å². The standard InChI is InChI=1S/C8H8O3S.C4H6O2.2Na/c1-2-7-3-5-8(6-4-7)12(9,10)11;1-3(2)4(5)6;;/h2-6H,1H2,(H,9,10,11);1H2,2H3,(H,5,6);;/q;;2*+1/p-2. The summed E-state index contributed by atoms with van der Waals surface area (Å²) in [4.78, 5) is 9.27. The molecule has 1 rings (SSSR count). The average Bonchev–Trinajstić information content (AvgIpc) is 2.28. The van der Waals surface area contributed by atoms with Crippen molar-refractivity contribution < 1.29 is 82.0 Å². The normalized spacial score (nSPS) is 8.90. The van der Waals surface area contributed by atoms with Crippen LogP contribution in [-0.4, -0.2) is 18.9 Å². The molecule has 0 unspecified atom stereocenters. The fourth-order valence-electron chi connectivity index (χ4n) is 0.771. The maximum Gasteiger partial charge on any atom is 1.00 e. The van der Waals surface area contributed by atoms with E-state index in [-0.39, 0.29) is 69.6 Å². The van der Waals surface area contributed by atoms with Crippen LogP contribution in [0.25, 0.3) is 6.08 Å². The van der Waals surface area contributed by atoms with Crippen molar-refractivity contribution in [3.63, 3.8) is 0 Å². The van der Waals surface area contributed by atoms with Crippen molar-refractivity contribution >= 4 is 22.2 Å². The summed E-state index contributed by atoms with van der Waals surface area (Å²) in [5.41, 5.74) is 0.845. The van der Waals surface area contributed by atoms with E-state index in [4.69, 9.17) is 0 Å². The quantitative estimate of drug-likeness (QED) is 0.315. The number of benzene rings is 1. The van der Waals surface area contributed by atoms with E-state index in [1.54, 1.807) is 6.08 Å². The second-order valence-electron chi connectivity index (χ2n) is 3.30. The molecule has 0 aliphatic carbocycles. The van der Waals surface area contributed by atoms with Crippen LogP contribution < -0.4 is 64.2 Å². The zero-order chi connectivity index (χ0) is 14.3. The van der Waals surface area contributed by atoms with Gasteiger partial charge in [0, 0.05) is 0 Å². The minimum atomic E-state index is -4.31. The molecule has 0 atom stereocenters. The van der Waals surface area contributed by atoms with E-state index in [2.05, 4.69) is 13.2 Å². The van der Waals surface area contributed by atoms with Gasteiger partial charge in [-0.15, -0.1) is 0 Å². The first kappa shape index (κ1) is 25.1. The maximum absolute atomic E-state index is 10.5. The third kappa shape index (κ3) is 10.8. The number of aliphatic carboxylic acids is 1. The van der Waals surface area contributed by atoms with Crippen molar-refractivity contribution in [3.8, 4) is 0 Å². The molecule has 1 aromatic rings. The Morgan fingerprint density at radius 3 is 1.75 bits per heavy atom. The molecule has 98 valence electrons. The van der Waals surface area contributed by atoms with Gasteiger partial charge in [-0.25, -0.2) is 8.42 Å². The first-order chi connectivity index (χ1) is 8.18. The monoisotopic (exact) mass is 314 g/mol. The van der Waals surface area contributed by atoms with Gasteiger partial charge in [0.05, 0.1) is 10.9 Å². The molecule has 0 aliphatic heterocycles. The van der Waals surface area contributed by atoms with E-state index < -0.39 is 16.1 Å². The van der Waals surface area contributed by atoms with E-state index >= 15 is 0 Å². The Kier molecular flexibility index (Phi) is 14.7. The minimum absolute atomic E-state index is 0. The molecule has 0 saturated heterocycles. The van der Waals surface area contributed by atoms with Crippen LogP contribution in [0, 0.1) is 0 Å². The fourth-order valence-corrected chi connectivity index (χ4v) is 1.24. The number of hydrogen-bond acceptors (Lipinski definition) is 5. The Bertz CT molecular complexity index is 538. The van der Waals surface area contributed by atoms with E-state index in [1.807, 2.05) is 0 Å². The first-order valence-electron chi connectivity index (χ1n) is 4.73. The van der Waals surface area contributed by atoms with Crippen LogP contribution in [0.4, 0.5) is 0 Å². The molecule has 0 spiro atoms. The van der Waals surface area contributed by atoms with E-state index in [9.17, 15) is 22.9 Å². The van der Waals surface area contributed by atoms with Gasteiger partial charge in [0.15, 0.2) is 0 Å². The maximum atomic E-state index is 10.5. The molecule has 0 N–H and O–H groups in total. The van der Waals surface area contributed by atoms with Crippen molar-refractivity contribution in [2.45, 2.75) is 11.8 Å². The van der Waals surface area contributed by atoms with Gasteiger partial charge in [0.2, 0.25) is 0 Å². The van der Waals surface area contributed by atoms with Crippen molar-refractivity contribution in [1.82, 2.24) is 0 Å². The van der Waals surface area contributed by atoms with Crippen LogP contribution in [0.5, 0.6) is 0 Å². The van der Waals surface area contributed by atoms with Crippen molar-refractivity contribution in [3.05, 3.63) is 48.6 Å². The second kappa shape index (κ2) is 11.7. The number of carbonyl (C=O) groups is 1. The van der Waals surface area contributed by atoms with Crippen LogP contribution in [0.2, 0.25) is 0 Å². The molecule has 20 heavy (non-hydrogen) atoms. The van der Waals surface area contributed by atoms with Gasteiger partial charge < -0.3 is 14.5 Å². The van der Waals surface area contributed by atoms with Gasteiger partial charge in [0.1, 0.15) is 10.1 Å². The average molecular weight is 314 g/mol. The topological polar surface area (TPSA) is 97.3 Å². The largest absolute Gasteiger partial charge is 1.00 e. The van der Waals surface area contributed by atoms with Crippen LogP contribution in [0.1, 0.15) is 12.5 Å². The molecular formula is C12H12Na2O5S. The van der Waals surface area contributed by atoms with Gasteiger partial charge in [0.25, 0.3) is 0 Å². The molecule has 0 radical (unpaired) electrons. The van der Waals surface area contributed by atoms with Crippen LogP contribution in [0.3, 0.4) is 0 Å². The molecule has 0 saturated carbocycles. The summed E-state index contributed by atoms with van der Waals surface area (Å²) in [5, 5.41) is 9.49. The minimum Gasteiger partial charge on any atom is -0.744 e. The van der Waals surface area contributed by atoms with E-state index in [0.29, 0.717) is 0 Å². The molecule has 0 aromatic heterocycles. The molecule has 8 heteroatoms. The van der Waals surface area contributed by atoms with E-state index in [0.717, 1.165) is 5.56 Å². The molecular weight excluding hydrogens is 302 g/mol. The summed E-state index contributed by atoms with van der Waals surface area (Å²) < 4.78 is 31.4. The number of carboxylic acid groups (broad SMARTS) is 1. The molecule has 1 aromatic carbocycles. The summed E-state index contributed by atoms with van der Waals surface area (Å²) in [6.45, 7) is 7.97. The van der Waals surface area contributed by atoms with Crippen molar-refractivity contribution in [2.75, 3.05) is 0 Å². The van der Waals surface area contributed by atoms with Crippen LogP contribution in [0.15, 0.2) is 47.9 Å². The molecule has 0 bridgehead atoms. The first-order valence-corrected chi connectivity index (χ1v) is 6.14. The SMILES string of the molecule is C=C(C)C(=O)[O-].C=Cc1ccc(S(=O)(=O)[O-])cc1.[Na+].[Na+]. The summed E-state index contributed by atoms with van der Waals surface area (Å²) in [6, 6.07) is 5.58. The number of carboxylic acids is 1. The third-order valence-electron chi connectivity index (χ3n) is 1.75. The summed E-state index contributed by atoms with van der Waals surface area (Å²) in [7, 11) is -4.31. The van der Waals surface area contributed by atoms with Crippen molar-refractivity contribution in [1.29, 1.82) is 0 Å². The summed E-state index contributed by atoms with van der Waals surface area (Å²) in [5.74, 6) is -1.19. The number of hydrogen-bond donors (Lipinski definition) is 0. The van der Waals surface area contributed by atoms with Crippen LogP contribution >= 0.6 is 0 Å². The van der Waals surface area contributed by atoms with Gasteiger partial charge >= 0.3 is 59.1 Å². The summed E-state index contributed by atoms with van der Waals surface area (Å²) >= 11 is 0. The Balaban J connectivity index is -0.000000316.